The van der Waals surface area contributed by atoms with E-state index in [0.29, 0.717) is 28.2 Å². The number of nitrogens with one attached hydrogen (secondary N) is 1. The second kappa shape index (κ2) is 6.33. The highest BCUT2D eigenvalue weighted by Crippen LogP contribution is 2.36. The van der Waals surface area contributed by atoms with E-state index >= 15 is 0 Å². The van der Waals surface area contributed by atoms with Crippen molar-refractivity contribution >= 4 is 33.0 Å². The molecule has 0 bridgehead atoms. The summed E-state index contributed by atoms with van der Waals surface area (Å²) in [5.74, 6) is -0.589. The van der Waals surface area contributed by atoms with Gasteiger partial charge >= 0.3 is 10.2 Å². The molecule has 0 aliphatic carbocycles. The molecule has 1 aliphatic rings. The minimum absolute atomic E-state index is 0.0602. The average molecular weight is 386 g/mol. The average Bonchev–Trinajstić information content (AvgIpc) is 2.95. The van der Waals surface area contributed by atoms with E-state index in [1.807, 2.05) is 0 Å². The van der Waals surface area contributed by atoms with Crippen molar-refractivity contribution in [2.75, 3.05) is 10.8 Å². The quantitative estimate of drug-likeness (QED) is 0.678. The molecule has 27 heavy (non-hydrogen) atoms. The predicted octanol–water partition coefficient (Wildman–Crippen LogP) is 2.57. The maximum atomic E-state index is 14.1. The van der Waals surface area contributed by atoms with Crippen LogP contribution in [0, 0.1) is 5.82 Å². The molecule has 4 rings (SSSR count). The van der Waals surface area contributed by atoms with Gasteiger partial charge in [0.1, 0.15) is 17.9 Å². The Kier molecular flexibility index (Phi) is 4.09. The summed E-state index contributed by atoms with van der Waals surface area (Å²) in [5.41, 5.74) is 1.11. The monoisotopic (exact) mass is 386 g/mol. The van der Waals surface area contributed by atoms with Crippen molar-refractivity contribution in [1.29, 1.82) is 0 Å². The maximum absolute atomic E-state index is 14.1. The molecule has 2 N–H and O–H groups in total. The molecule has 1 unspecified atom stereocenters. The number of fused-ring (bicyclic) bond motifs is 1. The van der Waals surface area contributed by atoms with Gasteiger partial charge in [0.2, 0.25) is 0 Å². The third-order valence-electron chi connectivity index (χ3n) is 4.50. The Morgan fingerprint density at radius 1 is 1.11 bits per heavy atom. The van der Waals surface area contributed by atoms with E-state index < -0.39 is 16.3 Å². The van der Waals surface area contributed by atoms with Crippen LogP contribution in [0.1, 0.15) is 0 Å². The molecule has 3 aromatic carbocycles. The van der Waals surface area contributed by atoms with Crippen molar-refractivity contribution in [3.63, 3.8) is 0 Å². The molecule has 8 heteroatoms. The lowest BCUT2D eigenvalue weighted by Gasteiger charge is -2.18. The van der Waals surface area contributed by atoms with Crippen LogP contribution >= 0.6 is 0 Å². The number of benzene rings is 3. The number of phenolic OH excluding ortho intramolecular Hbond substituents is 1. The smallest absolute Gasteiger partial charge is 0.302 e. The van der Waals surface area contributed by atoms with Crippen LogP contribution in [0.4, 0.5) is 10.1 Å². The largest absolute Gasteiger partial charge is 0.506 e. The molecular formula is C19H15FN2O4S. The fourth-order valence-corrected chi connectivity index (χ4v) is 4.61. The molecule has 138 valence electrons. The van der Waals surface area contributed by atoms with Crippen LogP contribution in [0.25, 0.3) is 21.9 Å². The van der Waals surface area contributed by atoms with Crippen LogP contribution in [0.3, 0.4) is 0 Å². The zero-order valence-corrected chi connectivity index (χ0v) is 14.8. The molecule has 1 saturated heterocycles. The summed E-state index contributed by atoms with van der Waals surface area (Å²) in [4.78, 5) is 11.0. The summed E-state index contributed by atoms with van der Waals surface area (Å²) in [7, 11) is -3.93. The molecule has 0 amide bonds. The number of rotatable bonds is 3. The highest BCUT2D eigenvalue weighted by Gasteiger charge is 2.36. The minimum Gasteiger partial charge on any atom is -0.506 e. The summed E-state index contributed by atoms with van der Waals surface area (Å²) >= 11 is 0. The van der Waals surface area contributed by atoms with Gasteiger partial charge in [-0.15, -0.1) is 0 Å². The molecule has 0 aromatic heterocycles. The first-order valence-corrected chi connectivity index (χ1v) is 9.60. The van der Waals surface area contributed by atoms with E-state index in [1.54, 1.807) is 36.4 Å². The predicted molar refractivity (Wildman–Crippen MR) is 100 cm³/mol. The number of hydrogen-bond acceptors (Lipinski definition) is 4. The second-order valence-electron chi connectivity index (χ2n) is 6.28. The van der Waals surface area contributed by atoms with Gasteiger partial charge in [-0.2, -0.15) is 13.1 Å². The first-order chi connectivity index (χ1) is 12.9. The molecule has 3 aromatic rings. The zero-order valence-electron chi connectivity index (χ0n) is 14.0. The van der Waals surface area contributed by atoms with Crippen LogP contribution in [0.2, 0.25) is 0 Å². The number of halogens is 1. The fraction of sp³-hybridized carbons (Fsp3) is 0.105. The topological polar surface area (TPSA) is 86.7 Å². The Bertz CT molecular complexity index is 1160. The van der Waals surface area contributed by atoms with Crippen LogP contribution in [0.15, 0.2) is 54.6 Å². The van der Waals surface area contributed by atoms with E-state index in [9.17, 15) is 22.7 Å². The van der Waals surface area contributed by atoms with Crippen molar-refractivity contribution in [1.82, 2.24) is 4.72 Å². The minimum atomic E-state index is -3.93. The number of anilines is 1. The number of carbonyl (C=O) groups is 1. The summed E-state index contributed by atoms with van der Waals surface area (Å²) in [6.07, 6.45) is 0.506. The number of nitrogens with zero attached hydrogens (tertiary/aromatic N) is 1. The molecule has 0 radical (unpaired) electrons. The van der Waals surface area contributed by atoms with E-state index in [0.717, 1.165) is 4.31 Å². The Hall–Kier alpha value is -2.97. The maximum Gasteiger partial charge on any atom is 0.302 e. The second-order valence-corrected chi connectivity index (χ2v) is 7.91. The lowest BCUT2D eigenvalue weighted by atomic mass is 10.00. The third kappa shape index (κ3) is 3.02. The van der Waals surface area contributed by atoms with Crippen LogP contribution in [0.5, 0.6) is 5.75 Å². The lowest BCUT2D eigenvalue weighted by Crippen LogP contribution is -2.30. The van der Waals surface area contributed by atoms with Crippen LogP contribution < -0.4 is 9.03 Å². The van der Waals surface area contributed by atoms with Crippen molar-refractivity contribution in [3.05, 3.63) is 60.4 Å². The van der Waals surface area contributed by atoms with E-state index in [4.69, 9.17) is 0 Å². The SMILES string of the molecule is O=CC1CN(c2cc3cc(-c4ccccc4F)ccc3cc2O)S(=O)(=O)N1. The van der Waals surface area contributed by atoms with E-state index in [1.165, 1.54) is 18.2 Å². The highest BCUT2D eigenvalue weighted by atomic mass is 32.2. The lowest BCUT2D eigenvalue weighted by molar-refractivity contribution is -0.108. The number of aldehydes is 1. The molecule has 1 aliphatic heterocycles. The van der Waals surface area contributed by atoms with Gasteiger partial charge in [-0.1, -0.05) is 30.3 Å². The molecule has 6 nitrogen and oxygen atoms in total. The standard InChI is InChI=1S/C19H15FN2O4S/c20-17-4-2-1-3-16(17)13-6-5-12-9-19(24)18(8-14(12)7-13)22-10-15(11-23)21-27(22,25)26/h1-9,11,15,21,24H,10H2. The summed E-state index contributed by atoms with van der Waals surface area (Å²) in [6.45, 7) is -0.113. The number of hydrogen-bond donors (Lipinski definition) is 2. The van der Waals surface area contributed by atoms with Crippen molar-refractivity contribution < 1.29 is 22.7 Å². The zero-order chi connectivity index (χ0) is 19.2. The van der Waals surface area contributed by atoms with Crippen molar-refractivity contribution in [2.24, 2.45) is 0 Å². The summed E-state index contributed by atoms with van der Waals surface area (Å²) in [5, 5.41) is 11.6. The summed E-state index contributed by atoms with van der Waals surface area (Å²) < 4.78 is 41.7. The molecule has 1 atom stereocenters. The Labute approximate surface area is 155 Å². The molecule has 1 fully saturated rings. The molecule has 0 saturated carbocycles. The number of aromatic hydroxyl groups is 1. The third-order valence-corrected chi connectivity index (χ3v) is 6.03. The van der Waals surface area contributed by atoms with E-state index in [-0.39, 0.29) is 23.8 Å². The van der Waals surface area contributed by atoms with Crippen LogP contribution in [-0.4, -0.2) is 32.4 Å². The van der Waals surface area contributed by atoms with Crippen molar-refractivity contribution in [3.8, 4) is 16.9 Å². The van der Waals surface area contributed by atoms with Gasteiger partial charge in [-0.3, -0.25) is 4.31 Å². The van der Waals surface area contributed by atoms with Gasteiger partial charge in [0.25, 0.3) is 0 Å². The first kappa shape index (κ1) is 17.4. The van der Waals surface area contributed by atoms with Gasteiger partial charge in [0.15, 0.2) is 0 Å². The number of carbonyl (C=O) groups excluding carboxylic acids is 1. The molecule has 0 spiro atoms. The first-order valence-electron chi connectivity index (χ1n) is 8.16. The van der Waals surface area contributed by atoms with Gasteiger partial charge < -0.3 is 9.90 Å². The van der Waals surface area contributed by atoms with E-state index in [2.05, 4.69) is 4.72 Å². The van der Waals surface area contributed by atoms with Gasteiger partial charge in [0, 0.05) is 5.56 Å². The molecule has 1 heterocycles. The normalized spacial score (nSPS) is 18.7. The van der Waals surface area contributed by atoms with Crippen LogP contribution in [-0.2, 0) is 15.0 Å². The fourth-order valence-electron chi connectivity index (χ4n) is 3.20. The Morgan fingerprint density at radius 3 is 2.59 bits per heavy atom. The van der Waals surface area contributed by atoms with Gasteiger partial charge in [-0.25, -0.2) is 4.39 Å². The summed E-state index contributed by atoms with van der Waals surface area (Å²) in [6, 6.07) is 13.6. The highest BCUT2D eigenvalue weighted by molar-refractivity contribution is 7.91. The molecular weight excluding hydrogens is 371 g/mol. The van der Waals surface area contributed by atoms with Gasteiger partial charge in [-0.05, 0) is 40.6 Å². The van der Waals surface area contributed by atoms with Gasteiger partial charge in [0.05, 0.1) is 18.3 Å². The Balaban J connectivity index is 1.85. The Morgan fingerprint density at radius 2 is 1.89 bits per heavy atom. The number of phenols is 1. The van der Waals surface area contributed by atoms with Crippen molar-refractivity contribution in [2.45, 2.75) is 6.04 Å².